The normalized spacial score (nSPS) is 22.7. The third-order valence-corrected chi connectivity index (χ3v) is 7.89. The van der Waals surface area contributed by atoms with Gasteiger partial charge in [-0.2, -0.15) is 0 Å². The Morgan fingerprint density at radius 1 is 1.13 bits per heavy atom. The van der Waals surface area contributed by atoms with Crippen LogP contribution in [-0.4, -0.2) is 31.4 Å². The standard InChI is InChI=1S/C25H27ClN4S/c1-5-19-14-31-25-28-23(21-8-6-7-11-27-21)24(30(19)25)20-12-16(3)29(17(20)4)22-13-18(26)10-9-15(22)2/h6-13,19,23-24H,5,14H2,1-4H3/t19-,23+,24+/m0/s1. The number of aliphatic imine (C=N–C) groups is 1. The van der Waals surface area contributed by atoms with E-state index in [1.54, 1.807) is 0 Å². The fourth-order valence-corrected chi connectivity index (χ4v) is 6.47. The molecule has 2 aliphatic heterocycles. The summed E-state index contributed by atoms with van der Waals surface area (Å²) < 4.78 is 2.34. The van der Waals surface area contributed by atoms with E-state index in [9.17, 15) is 0 Å². The van der Waals surface area contributed by atoms with Gasteiger partial charge in [0.15, 0.2) is 5.17 Å². The van der Waals surface area contributed by atoms with Gasteiger partial charge in [-0.15, -0.1) is 0 Å². The number of thioether (sulfide) groups is 1. The van der Waals surface area contributed by atoms with Crippen molar-refractivity contribution in [2.24, 2.45) is 4.99 Å². The highest BCUT2D eigenvalue weighted by atomic mass is 35.5. The molecule has 0 unspecified atom stereocenters. The van der Waals surface area contributed by atoms with E-state index >= 15 is 0 Å². The van der Waals surface area contributed by atoms with Crippen LogP contribution in [0.25, 0.3) is 5.69 Å². The van der Waals surface area contributed by atoms with Gasteiger partial charge in [-0.25, -0.2) is 0 Å². The molecular formula is C25H27ClN4S. The van der Waals surface area contributed by atoms with Crippen LogP contribution < -0.4 is 0 Å². The molecule has 4 nitrogen and oxygen atoms in total. The van der Waals surface area contributed by atoms with Crippen LogP contribution >= 0.6 is 23.4 Å². The molecular weight excluding hydrogens is 424 g/mol. The van der Waals surface area contributed by atoms with E-state index < -0.39 is 0 Å². The molecule has 4 heterocycles. The molecule has 1 fully saturated rings. The first-order chi connectivity index (χ1) is 15.0. The van der Waals surface area contributed by atoms with Crippen molar-refractivity contribution in [1.29, 1.82) is 0 Å². The van der Waals surface area contributed by atoms with E-state index in [2.05, 4.69) is 67.5 Å². The van der Waals surface area contributed by atoms with E-state index in [0.717, 1.165) is 33.7 Å². The summed E-state index contributed by atoms with van der Waals surface area (Å²) in [6, 6.07) is 15.2. The first kappa shape index (κ1) is 20.7. The van der Waals surface area contributed by atoms with Gasteiger partial charge >= 0.3 is 0 Å². The lowest BCUT2D eigenvalue weighted by atomic mass is 9.95. The van der Waals surface area contributed by atoms with E-state index in [1.165, 1.54) is 22.5 Å². The molecule has 2 aliphatic rings. The topological polar surface area (TPSA) is 33.4 Å². The first-order valence-electron chi connectivity index (χ1n) is 10.8. The van der Waals surface area contributed by atoms with E-state index in [0.29, 0.717) is 6.04 Å². The number of amidine groups is 1. The van der Waals surface area contributed by atoms with Crippen molar-refractivity contribution in [2.45, 2.75) is 52.2 Å². The number of aryl methyl sites for hydroxylation is 2. The van der Waals surface area contributed by atoms with Gasteiger partial charge in [0.1, 0.15) is 6.04 Å². The van der Waals surface area contributed by atoms with Crippen LogP contribution in [0, 0.1) is 20.8 Å². The quantitative estimate of drug-likeness (QED) is 0.459. The Labute approximate surface area is 193 Å². The lowest BCUT2D eigenvalue weighted by Gasteiger charge is -2.32. The second-order valence-electron chi connectivity index (χ2n) is 8.43. The van der Waals surface area contributed by atoms with Crippen LogP contribution in [0.15, 0.2) is 53.7 Å². The van der Waals surface area contributed by atoms with E-state index in [-0.39, 0.29) is 12.1 Å². The summed E-state index contributed by atoms with van der Waals surface area (Å²) in [5, 5.41) is 1.92. The third-order valence-electron chi connectivity index (χ3n) is 6.53. The number of aromatic nitrogens is 2. The molecule has 2 aromatic heterocycles. The van der Waals surface area contributed by atoms with Crippen molar-refractivity contribution in [1.82, 2.24) is 14.5 Å². The predicted octanol–water partition coefficient (Wildman–Crippen LogP) is 6.43. The van der Waals surface area contributed by atoms with Crippen LogP contribution in [0.1, 0.15) is 53.6 Å². The van der Waals surface area contributed by atoms with Crippen molar-refractivity contribution >= 4 is 28.5 Å². The minimum atomic E-state index is 0.00691. The fraction of sp³-hybridized carbons (Fsp3) is 0.360. The number of rotatable bonds is 4. The number of halogens is 1. The molecule has 5 rings (SSSR count). The van der Waals surface area contributed by atoms with Gasteiger partial charge in [0, 0.05) is 40.1 Å². The zero-order valence-corrected chi connectivity index (χ0v) is 19.9. The van der Waals surface area contributed by atoms with Crippen molar-refractivity contribution < 1.29 is 0 Å². The van der Waals surface area contributed by atoms with Gasteiger partial charge < -0.3 is 9.47 Å². The van der Waals surface area contributed by atoms with Gasteiger partial charge in [-0.05, 0) is 68.7 Å². The van der Waals surface area contributed by atoms with Gasteiger partial charge in [-0.3, -0.25) is 9.98 Å². The summed E-state index contributed by atoms with van der Waals surface area (Å²) in [6.45, 7) is 8.82. The number of fused-ring (bicyclic) bond motifs is 1. The average Bonchev–Trinajstić information content (AvgIpc) is 3.42. The molecule has 0 amide bonds. The largest absolute Gasteiger partial charge is 0.338 e. The zero-order valence-electron chi connectivity index (χ0n) is 18.3. The third kappa shape index (κ3) is 3.39. The maximum Gasteiger partial charge on any atom is 0.160 e. The minimum absolute atomic E-state index is 0.00691. The summed E-state index contributed by atoms with van der Waals surface area (Å²) >= 11 is 8.25. The van der Waals surface area contributed by atoms with E-state index in [4.69, 9.17) is 21.6 Å². The monoisotopic (exact) mass is 450 g/mol. The summed E-state index contributed by atoms with van der Waals surface area (Å²) in [7, 11) is 0. The molecule has 3 aromatic rings. The average molecular weight is 451 g/mol. The maximum atomic E-state index is 6.37. The van der Waals surface area contributed by atoms with E-state index in [1.807, 2.05) is 30.1 Å². The minimum Gasteiger partial charge on any atom is -0.338 e. The lowest BCUT2D eigenvalue weighted by molar-refractivity contribution is 0.254. The lowest BCUT2D eigenvalue weighted by Crippen LogP contribution is -2.35. The zero-order chi connectivity index (χ0) is 21.7. The Balaban J connectivity index is 1.66. The van der Waals surface area contributed by atoms with Crippen molar-refractivity contribution in [3.05, 3.63) is 81.9 Å². The molecule has 1 aromatic carbocycles. The van der Waals surface area contributed by atoms with Crippen molar-refractivity contribution in [3.8, 4) is 5.69 Å². The molecule has 0 spiro atoms. The smallest absolute Gasteiger partial charge is 0.160 e. The molecule has 1 saturated heterocycles. The highest BCUT2D eigenvalue weighted by Crippen LogP contribution is 2.49. The summed E-state index contributed by atoms with van der Waals surface area (Å²) in [5.41, 5.74) is 7.18. The number of hydrogen-bond donors (Lipinski definition) is 0. The maximum absolute atomic E-state index is 6.37. The highest BCUT2D eigenvalue weighted by molar-refractivity contribution is 8.14. The van der Waals surface area contributed by atoms with Crippen molar-refractivity contribution in [3.63, 3.8) is 0 Å². The first-order valence-corrected chi connectivity index (χ1v) is 12.2. The number of nitrogens with zero attached hydrogens (tertiary/aromatic N) is 4. The molecule has 160 valence electrons. The van der Waals surface area contributed by atoms with Crippen LogP contribution in [0.2, 0.25) is 5.02 Å². The summed E-state index contributed by atoms with van der Waals surface area (Å²) in [5.74, 6) is 1.10. The molecule has 0 N–H and O–H groups in total. The number of pyridine rings is 1. The van der Waals surface area contributed by atoms with Crippen LogP contribution in [0.5, 0.6) is 0 Å². The molecule has 6 heteroatoms. The Kier molecular flexibility index (Phi) is 5.35. The van der Waals surface area contributed by atoms with Crippen molar-refractivity contribution in [2.75, 3.05) is 5.75 Å². The second kappa shape index (κ2) is 8.03. The molecule has 0 aliphatic carbocycles. The number of hydrogen-bond acceptors (Lipinski definition) is 4. The fourth-order valence-electron chi connectivity index (χ4n) is 4.97. The van der Waals surface area contributed by atoms with Crippen LogP contribution in [0.4, 0.5) is 0 Å². The highest BCUT2D eigenvalue weighted by Gasteiger charge is 2.46. The Bertz CT molecular complexity index is 1150. The second-order valence-corrected chi connectivity index (χ2v) is 9.85. The molecule has 3 atom stereocenters. The Morgan fingerprint density at radius 3 is 2.71 bits per heavy atom. The SMILES string of the molecule is CC[C@H]1CSC2=N[C@H](c3ccccn3)[C@@H](c3cc(C)n(-c4cc(Cl)ccc4C)c3C)N21. The van der Waals surface area contributed by atoms with Gasteiger partial charge in [0.25, 0.3) is 0 Å². The van der Waals surface area contributed by atoms with Gasteiger partial charge in [-0.1, -0.05) is 42.4 Å². The molecule has 0 saturated carbocycles. The molecule has 0 bridgehead atoms. The molecule has 0 radical (unpaired) electrons. The summed E-state index contributed by atoms with van der Waals surface area (Å²) in [6.07, 6.45) is 2.99. The number of benzene rings is 1. The van der Waals surface area contributed by atoms with Crippen LogP contribution in [0.3, 0.4) is 0 Å². The summed E-state index contributed by atoms with van der Waals surface area (Å²) in [4.78, 5) is 12.4. The Morgan fingerprint density at radius 2 is 1.97 bits per heavy atom. The van der Waals surface area contributed by atoms with Gasteiger partial charge in [0.05, 0.1) is 11.7 Å². The van der Waals surface area contributed by atoms with Crippen LogP contribution in [-0.2, 0) is 0 Å². The Hall–Kier alpha value is -2.24. The van der Waals surface area contributed by atoms with Gasteiger partial charge in [0.2, 0.25) is 0 Å². The predicted molar refractivity (Wildman–Crippen MR) is 131 cm³/mol. The molecule has 31 heavy (non-hydrogen) atoms.